The van der Waals surface area contributed by atoms with Gasteiger partial charge in [0.05, 0.1) is 25.1 Å². The van der Waals surface area contributed by atoms with Crippen LogP contribution < -0.4 is 4.90 Å². The predicted octanol–water partition coefficient (Wildman–Crippen LogP) is 0.960. The van der Waals surface area contributed by atoms with Crippen molar-refractivity contribution in [3.63, 3.8) is 0 Å². The van der Waals surface area contributed by atoms with Gasteiger partial charge in [0, 0.05) is 24.9 Å². The molecule has 1 unspecified atom stereocenters. The maximum atomic E-state index is 11.2. The molecule has 118 valence electrons. The first-order valence-electron chi connectivity index (χ1n) is 6.98. The second-order valence-corrected chi connectivity index (χ2v) is 6.41. The average Bonchev–Trinajstić information content (AvgIpc) is 2.92. The number of carboxylic acid groups (broad SMARTS) is 1. The van der Waals surface area contributed by atoms with Gasteiger partial charge < -0.3 is 19.8 Å². The van der Waals surface area contributed by atoms with E-state index in [0.29, 0.717) is 29.7 Å². The first-order chi connectivity index (χ1) is 10.5. The minimum Gasteiger partial charge on any atom is -0.506 e. The van der Waals surface area contributed by atoms with Gasteiger partial charge in [0.1, 0.15) is 16.5 Å². The Labute approximate surface area is 132 Å². The van der Waals surface area contributed by atoms with Gasteiger partial charge in [-0.3, -0.25) is 4.99 Å². The van der Waals surface area contributed by atoms with Gasteiger partial charge >= 0.3 is 5.97 Å². The number of rotatable bonds is 3. The Balaban J connectivity index is 1.85. The van der Waals surface area contributed by atoms with E-state index in [4.69, 9.17) is 4.74 Å². The predicted molar refractivity (Wildman–Crippen MR) is 84.0 cm³/mol. The van der Waals surface area contributed by atoms with Crippen LogP contribution in [0.4, 0.5) is 5.69 Å². The van der Waals surface area contributed by atoms with Gasteiger partial charge in [-0.25, -0.2) is 9.78 Å². The maximum absolute atomic E-state index is 11.2. The van der Waals surface area contributed by atoms with E-state index in [9.17, 15) is 15.0 Å². The van der Waals surface area contributed by atoms with Gasteiger partial charge in [0.15, 0.2) is 5.54 Å². The summed E-state index contributed by atoms with van der Waals surface area (Å²) in [6.45, 7) is 4.39. The molecule has 2 aliphatic rings. The molecule has 0 bridgehead atoms. The first-order valence-corrected chi connectivity index (χ1v) is 7.96. The monoisotopic (exact) mass is 323 g/mol. The molecule has 1 aromatic heterocycles. The topological polar surface area (TPSA) is 95.2 Å². The molecular weight excluding hydrogens is 306 g/mol. The minimum absolute atomic E-state index is 0.0184. The van der Waals surface area contributed by atoms with E-state index in [2.05, 4.69) is 14.9 Å². The summed E-state index contributed by atoms with van der Waals surface area (Å²) in [5, 5.41) is 19.9. The van der Waals surface area contributed by atoms with E-state index in [-0.39, 0.29) is 5.75 Å². The van der Waals surface area contributed by atoms with E-state index >= 15 is 0 Å². The number of aromatic hydroxyl groups is 1. The van der Waals surface area contributed by atoms with Crippen LogP contribution >= 0.6 is 11.8 Å². The summed E-state index contributed by atoms with van der Waals surface area (Å²) in [5.74, 6) is -0.617. The SMILES string of the molecule is CC1(C(=O)O)CSC(c2ncc(N3CCOCC3)cc2O)=N1. The molecule has 1 saturated heterocycles. The molecule has 0 aliphatic carbocycles. The van der Waals surface area contributed by atoms with Gasteiger partial charge in [-0.15, -0.1) is 11.8 Å². The fraction of sp³-hybridized carbons (Fsp3) is 0.500. The zero-order chi connectivity index (χ0) is 15.7. The molecule has 7 nitrogen and oxygen atoms in total. The highest BCUT2D eigenvalue weighted by Crippen LogP contribution is 2.34. The number of aliphatic imine (C=N–C) groups is 1. The number of morpholine rings is 1. The summed E-state index contributed by atoms with van der Waals surface area (Å²) in [4.78, 5) is 21.8. The van der Waals surface area contributed by atoms with E-state index in [1.165, 1.54) is 11.8 Å². The smallest absolute Gasteiger partial charge is 0.332 e. The number of thioether (sulfide) groups is 1. The Hall–Kier alpha value is -1.80. The Morgan fingerprint density at radius 1 is 1.45 bits per heavy atom. The number of aromatic nitrogens is 1. The third-order valence-corrected chi connectivity index (χ3v) is 5.00. The summed E-state index contributed by atoms with van der Waals surface area (Å²) < 4.78 is 5.30. The van der Waals surface area contributed by atoms with Gasteiger partial charge in [0.2, 0.25) is 0 Å². The molecule has 1 aromatic rings. The van der Waals surface area contributed by atoms with Crippen LogP contribution in [0.3, 0.4) is 0 Å². The third-order valence-electron chi connectivity index (χ3n) is 3.73. The Morgan fingerprint density at radius 2 is 2.18 bits per heavy atom. The lowest BCUT2D eigenvalue weighted by molar-refractivity contribution is -0.141. The van der Waals surface area contributed by atoms with Crippen LogP contribution in [-0.4, -0.2) is 63.8 Å². The highest BCUT2D eigenvalue weighted by molar-refractivity contribution is 8.14. The van der Waals surface area contributed by atoms with Crippen LogP contribution in [0.25, 0.3) is 0 Å². The Kier molecular flexibility index (Phi) is 3.96. The van der Waals surface area contributed by atoms with Crippen LogP contribution in [0.15, 0.2) is 17.3 Å². The molecule has 1 fully saturated rings. The van der Waals surface area contributed by atoms with Crippen molar-refractivity contribution >= 4 is 28.5 Å². The number of pyridine rings is 1. The molecule has 3 heterocycles. The molecule has 22 heavy (non-hydrogen) atoms. The molecule has 0 saturated carbocycles. The molecule has 0 radical (unpaired) electrons. The lowest BCUT2D eigenvalue weighted by Crippen LogP contribution is -2.36. The minimum atomic E-state index is -1.16. The number of hydrogen-bond acceptors (Lipinski definition) is 7. The van der Waals surface area contributed by atoms with Crippen LogP contribution in [0.2, 0.25) is 0 Å². The number of aliphatic carboxylic acids is 1. The Bertz CT molecular complexity index is 631. The highest BCUT2D eigenvalue weighted by atomic mass is 32.2. The van der Waals surface area contributed by atoms with Crippen molar-refractivity contribution < 1.29 is 19.7 Å². The molecule has 3 rings (SSSR count). The number of anilines is 1. The summed E-state index contributed by atoms with van der Waals surface area (Å²) in [5.41, 5.74) is 0.0120. The van der Waals surface area contributed by atoms with Gasteiger partial charge in [0.25, 0.3) is 0 Å². The van der Waals surface area contributed by atoms with Crippen LogP contribution in [-0.2, 0) is 9.53 Å². The zero-order valence-corrected chi connectivity index (χ0v) is 13.0. The lowest BCUT2D eigenvalue weighted by Gasteiger charge is -2.28. The quantitative estimate of drug-likeness (QED) is 0.855. The van der Waals surface area contributed by atoms with Crippen molar-refractivity contribution in [1.29, 1.82) is 0 Å². The van der Waals surface area contributed by atoms with Gasteiger partial charge in [-0.2, -0.15) is 0 Å². The van der Waals surface area contributed by atoms with Crippen LogP contribution in [0, 0.1) is 0 Å². The summed E-state index contributed by atoms with van der Waals surface area (Å²) in [6.07, 6.45) is 1.68. The molecule has 0 aromatic carbocycles. The van der Waals surface area contributed by atoms with Crippen molar-refractivity contribution in [2.75, 3.05) is 37.0 Å². The molecule has 8 heteroatoms. The fourth-order valence-corrected chi connectivity index (χ4v) is 3.50. The number of ether oxygens (including phenoxy) is 1. The van der Waals surface area contributed by atoms with Crippen molar-refractivity contribution in [3.8, 4) is 5.75 Å². The van der Waals surface area contributed by atoms with Crippen LogP contribution in [0.5, 0.6) is 5.75 Å². The lowest BCUT2D eigenvalue weighted by atomic mass is 10.1. The first kappa shape index (κ1) is 15.1. The van der Waals surface area contributed by atoms with Crippen molar-refractivity contribution in [2.45, 2.75) is 12.5 Å². The molecule has 1 atom stereocenters. The maximum Gasteiger partial charge on any atom is 0.332 e. The van der Waals surface area contributed by atoms with Gasteiger partial charge in [-0.05, 0) is 6.92 Å². The molecular formula is C14H17N3O4S. The zero-order valence-electron chi connectivity index (χ0n) is 12.2. The third kappa shape index (κ3) is 2.76. The summed E-state index contributed by atoms with van der Waals surface area (Å²) in [7, 11) is 0. The number of nitrogens with zero attached hydrogens (tertiary/aromatic N) is 3. The second-order valence-electron chi connectivity index (χ2n) is 5.45. The Morgan fingerprint density at radius 3 is 2.77 bits per heavy atom. The van der Waals surface area contributed by atoms with Gasteiger partial charge in [-0.1, -0.05) is 0 Å². The number of hydrogen-bond donors (Lipinski definition) is 2. The standard InChI is InChI=1S/C14H17N3O4S/c1-14(13(19)20)8-22-12(16-14)11-10(18)6-9(7-15-11)17-2-4-21-5-3-17/h6-7,18H,2-5,8H2,1H3,(H,19,20). The van der Waals surface area contributed by atoms with Crippen molar-refractivity contribution in [3.05, 3.63) is 18.0 Å². The molecule has 2 aliphatic heterocycles. The highest BCUT2D eigenvalue weighted by Gasteiger charge is 2.39. The number of carbonyl (C=O) groups is 1. The normalized spacial score (nSPS) is 25.1. The molecule has 0 amide bonds. The van der Waals surface area contributed by atoms with E-state index in [1.807, 2.05) is 0 Å². The molecule has 0 spiro atoms. The van der Waals surface area contributed by atoms with Crippen molar-refractivity contribution in [1.82, 2.24) is 4.98 Å². The largest absolute Gasteiger partial charge is 0.506 e. The summed E-state index contributed by atoms with van der Waals surface area (Å²) in [6, 6.07) is 1.65. The van der Waals surface area contributed by atoms with E-state index in [1.54, 1.807) is 19.2 Å². The molecule has 2 N–H and O–H groups in total. The number of carboxylic acids is 1. The fourth-order valence-electron chi connectivity index (χ4n) is 2.33. The van der Waals surface area contributed by atoms with E-state index in [0.717, 1.165) is 18.8 Å². The average molecular weight is 323 g/mol. The summed E-state index contributed by atoms with van der Waals surface area (Å²) >= 11 is 1.30. The second kappa shape index (κ2) is 5.77. The van der Waals surface area contributed by atoms with Crippen molar-refractivity contribution in [2.24, 2.45) is 4.99 Å². The van der Waals surface area contributed by atoms with Crippen LogP contribution in [0.1, 0.15) is 12.6 Å². The van der Waals surface area contributed by atoms with E-state index < -0.39 is 11.5 Å².